The number of hydrogen-bond donors (Lipinski definition) is 1. The van der Waals surface area contributed by atoms with Gasteiger partial charge in [0.05, 0.1) is 6.10 Å². The van der Waals surface area contributed by atoms with Crippen LogP contribution in [0.3, 0.4) is 0 Å². The molecule has 0 aromatic carbocycles. The number of hydrogen-bond acceptors (Lipinski definition) is 3. The molecule has 2 heterocycles. The van der Waals surface area contributed by atoms with Gasteiger partial charge in [-0.05, 0) is 40.9 Å². The molecule has 0 aliphatic carbocycles. The Morgan fingerprint density at radius 1 is 1.67 bits per heavy atom. The minimum Gasteiger partial charge on any atom is -0.392 e. The van der Waals surface area contributed by atoms with Crippen molar-refractivity contribution in [2.24, 2.45) is 5.92 Å². The summed E-state index contributed by atoms with van der Waals surface area (Å²) in [7, 11) is 0. The van der Waals surface area contributed by atoms with Gasteiger partial charge in [-0.2, -0.15) is 0 Å². The lowest BCUT2D eigenvalue weighted by Crippen LogP contribution is -2.42. The highest BCUT2D eigenvalue weighted by Gasteiger charge is 2.24. The summed E-state index contributed by atoms with van der Waals surface area (Å²) < 4.78 is 1.16. The van der Waals surface area contributed by atoms with Crippen LogP contribution in [-0.2, 0) is 6.54 Å². The van der Waals surface area contributed by atoms with Crippen molar-refractivity contribution in [1.29, 1.82) is 0 Å². The van der Waals surface area contributed by atoms with Gasteiger partial charge in [0.15, 0.2) is 0 Å². The normalized spacial score (nSPS) is 28.2. The molecule has 4 heteroatoms. The zero-order valence-electron chi connectivity index (χ0n) is 8.82. The van der Waals surface area contributed by atoms with Crippen LogP contribution >= 0.6 is 27.3 Å². The Kier molecular flexibility index (Phi) is 3.83. The minimum atomic E-state index is -0.151. The lowest BCUT2D eigenvalue weighted by Gasteiger charge is -2.33. The number of thiophene rings is 1. The first-order valence-corrected chi connectivity index (χ1v) is 6.96. The van der Waals surface area contributed by atoms with Crippen LogP contribution in [0.2, 0.25) is 0 Å². The van der Waals surface area contributed by atoms with Crippen LogP contribution in [0, 0.1) is 5.92 Å². The van der Waals surface area contributed by atoms with Gasteiger partial charge in [-0.1, -0.05) is 6.92 Å². The smallest absolute Gasteiger partial charge is 0.0693 e. The van der Waals surface area contributed by atoms with Gasteiger partial charge in [0.2, 0.25) is 0 Å². The van der Waals surface area contributed by atoms with Crippen molar-refractivity contribution in [3.8, 4) is 0 Å². The van der Waals surface area contributed by atoms with E-state index in [0.29, 0.717) is 5.92 Å². The zero-order valence-corrected chi connectivity index (χ0v) is 11.2. The highest BCUT2D eigenvalue weighted by Crippen LogP contribution is 2.24. The van der Waals surface area contributed by atoms with E-state index in [2.05, 4.69) is 39.2 Å². The molecule has 0 spiro atoms. The lowest BCUT2D eigenvalue weighted by molar-refractivity contribution is 0.0263. The largest absolute Gasteiger partial charge is 0.392 e. The molecular formula is C11H16BrNOS. The molecule has 1 aliphatic rings. The maximum Gasteiger partial charge on any atom is 0.0693 e. The van der Waals surface area contributed by atoms with E-state index in [0.717, 1.165) is 30.5 Å². The van der Waals surface area contributed by atoms with E-state index in [4.69, 9.17) is 0 Å². The molecule has 1 aromatic heterocycles. The quantitative estimate of drug-likeness (QED) is 0.905. The van der Waals surface area contributed by atoms with E-state index in [1.54, 1.807) is 11.3 Å². The van der Waals surface area contributed by atoms with Crippen LogP contribution in [0.15, 0.2) is 15.9 Å². The molecule has 1 N–H and O–H groups in total. The standard InChI is InChI=1S/C11H16BrNOS/c1-8-2-3-13(6-11(8)14)5-10-4-9(12)7-15-10/h4,7-8,11,14H,2-3,5-6H2,1H3. The molecule has 2 nitrogen and oxygen atoms in total. The Balaban J connectivity index is 1.90. The fourth-order valence-electron chi connectivity index (χ4n) is 1.92. The molecule has 1 aromatic rings. The summed E-state index contributed by atoms with van der Waals surface area (Å²) in [6, 6.07) is 2.16. The van der Waals surface area contributed by atoms with Gasteiger partial charge < -0.3 is 5.11 Å². The van der Waals surface area contributed by atoms with Crippen molar-refractivity contribution >= 4 is 27.3 Å². The third kappa shape index (κ3) is 3.03. The average molecular weight is 290 g/mol. The average Bonchev–Trinajstić information content (AvgIpc) is 2.58. The first-order chi connectivity index (χ1) is 7.15. The zero-order chi connectivity index (χ0) is 10.8. The summed E-state index contributed by atoms with van der Waals surface area (Å²) in [5, 5.41) is 11.9. The van der Waals surface area contributed by atoms with Crippen molar-refractivity contribution in [2.45, 2.75) is 26.0 Å². The van der Waals surface area contributed by atoms with Crippen LogP contribution in [-0.4, -0.2) is 29.2 Å². The van der Waals surface area contributed by atoms with E-state index < -0.39 is 0 Å². The van der Waals surface area contributed by atoms with Crippen molar-refractivity contribution in [2.75, 3.05) is 13.1 Å². The molecular weight excluding hydrogens is 274 g/mol. The number of rotatable bonds is 2. The molecule has 84 valence electrons. The highest BCUT2D eigenvalue weighted by molar-refractivity contribution is 9.10. The molecule has 1 fully saturated rings. The van der Waals surface area contributed by atoms with Crippen molar-refractivity contribution in [3.63, 3.8) is 0 Å². The van der Waals surface area contributed by atoms with Gasteiger partial charge in [-0.15, -0.1) is 11.3 Å². The predicted octanol–water partition coefficient (Wildman–Crippen LogP) is 2.71. The lowest BCUT2D eigenvalue weighted by atomic mass is 9.96. The molecule has 0 amide bonds. The molecule has 2 rings (SSSR count). The monoisotopic (exact) mass is 289 g/mol. The number of likely N-dealkylation sites (tertiary alicyclic amines) is 1. The third-order valence-electron chi connectivity index (χ3n) is 3.00. The molecule has 0 radical (unpaired) electrons. The van der Waals surface area contributed by atoms with E-state index in [1.165, 1.54) is 4.88 Å². The van der Waals surface area contributed by atoms with Crippen LogP contribution in [0.25, 0.3) is 0 Å². The van der Waals surface area contributed by atoms with Crippen molar-refractivity contribution in [3.05, 3.63) is 20.8 Å². The topological polar surface area (TPSA) is 23.5 Å². The van der Waals surface area contributed by atoms with Crippen molar-refractivity contribution in [1.82, 2.24) is 4.90 Å². The van der Waals surface area contributed by atoms with Gasteiger partial charge in [0.1, 0.15) is 0 Å². The van der Waals surface area contributed by atoms with Crippen LogP contribution in [0.1, 0.15) is 18.2 Å². The molecule has 0 bridgehead atoms. The van der Waals surface area contributed by atoms with Crippen LogP contribution < -0.4 is 0 Å². The highest BCUT2D eigenvalue weighted by atomic mass is 79.9. The summed E-state index contributed by atoms with van der Waals surface area (Å²) >= 11 is 5.24. The Bertz CT molecular complexity index is 328. The fraction of sp³-hybridized carbons (Fsp3) is 0.636. The second kappa shape index (κ2) is 4.95. The first-order valence-electron chi connectivity index (χ1n) is 5.28. The molecule has 0 saturated carbocycles. The Morgan fingerprint density at radius 3 is 3.07 bits per heavy atom. The van der Waals surface area contributed by atoms with E-state index in [1.807, 2.05) is 0 Å². The number of aliphatic hydroxyl groups is 1. The molecule has 2 unspecified atom stereocenters. The van der Waals surface area contributed by atoms with Crippen LogP contribution in [0.5, 0.6) is 0 Å². The number of nitrogens with zero attached hydrogens (tertiary/aromatic N) is 1. The summed E-state index contributed by atoms with van der Waals surface area (Å²) in [5.41, 5.74) is 0. The maximum atomic E-state index is 9.78. The third-order valence-corrected chi connectivity index (χ3v) is 4.69. The fourth-order valence-corrected chi connectivity index (χ4v) is 3.41. The summed E-state index contributed by atoms with van der Waals surface area (Å²) in [5.74, 6) is 0.455. The second-order valence-corrected chi connectivity index (χ2v) is 6.21. The first kappa shape index (κ1) is 11.6. The molecule has 2 atom stereocenters. The van der Waals surface area contributed by atoms with Gasteiger partial charge in [-0.3, -0.25) is 4.90 Å². The maximum absolute atomic E-state index is 9.78. The summed E-state index contributed by atoms with van der Waals surface area (Å²) in [6.07, 6.45) is 0.954. The number of piperidine rings is 1. The van der Waals surface area contributed by atoms with Gasteiger partial charge in [0, 0.05) is 27.8 Å². The predicted molar refractivity (Wildman–Crippen MR) is 67.1 cm³/mol. The van der Waals surface area contributed by atoms with Gasteiger partial charge in [-0.25, -0.2) is 0 Å². The number of aliphatic hydroxyl groups excluding tert-OH is 1. The summed E-state index contributed by atoms with van der Waals surface area (Å²) in [4.78, 5) is 3.70. The molecule has 15 heavy (non-hydrogen) atoms. The van der Waals surface area contributed by atoms with Crippen LogP contribution in [0.4, 0.5) is 0 Å². The van der Waals surface area contributed by atoms with Gasteiger partial charge in [0.25, 0.3) is 0 Å². The number of halogens is 1. The SMILES string of the molecule is CC1CCN(Cc2cc(Br)cs2)CC1O. The van der Waals surface area contributed by atoms with Crippen molar-refractivity contribution < 1.29 is 5.11 Å². The van der Waals surface area contributed by atoms with Gasteiger partial charge >= 0.3 is 0 Å². The van der Waals surface area contributed by atoms with E-state index in [9.17, 15) is 5.11 Å². The Hall–Kier alpha value is 0.1000. The summed E-state index contributed by atoms with van der Waals surface area (Å²) in [6.45, 7) is 5.02. The Labute approximate surface area is 103 Å². The number of β-amino-alcohol motifs (C(OH)–C–C–N with tert-alkyl or cyclic N) is 1. The molecule has 1 saturated heterocycles. The molecule has 1 aliphatic heterocycles. The second-order valence-electron chi connectivity index (χ2n) is 4.30. The minimum absolute atomic E-state index is 0.151. The Morgan fingerprint density at radius 2 is 2.47 bits per heavy atom. The van der Waals surface area contributed by atoms with E-state index in [-0.39, 0.29) is 6.10 Å². The van der Waals surface area contributed by atoms with E-state index >= 15 is 0 Å².